The number of hydrogen-bond acceptors (Lipinski definition) is 3. The number of rotatable bonds is 9. The van der Waals surface area contributed by atoms with Gasteiger partial charge < -0.3 is 14.8 Å². The van der Waals surface area contributed by atoms with Crippen molar-refractivity contribution in [1.82, 2.24) is 5.32 Å². The van der Waals surface area contributed by atoms with Gasteiger partial charge in [-0.1, -0.05) is 19.1 Å². The lowest BCUT2D eigenvalue weighted by molar-refractivity contribution is 0.132. The largest absolute Gasteiger partial charge is 0.494 e. The highest BCUT2D eigenvalue weighted by molar-refractivity contribution is 5.30. The van der Waals surface area contributed by atoms with Crippen LogP contribution in [0.1, 0.15) is 25.3 Å². The molecule has 0 fully saturated rings. The molecule has 1 aromatic rings. The molecule has 4 heteroatoms. The van der Waals surface area contributed by atoms with E-state index in [0.717, 1.165) is 32.6 Å². The van der Waals surface area contributed by atoms with Crippen LogP contribution in [0.15, 0.2) is 18.2 Å². The van der Waals surface area contributed by atoms with Crippen LogP contribution in [0, 0.1) is 5.82 Å². The second-order valence-electron chi connectivity index (χ2n) is 4.08. The lowest BCUT2D eigenvalue weighted by atomic mass is 10.2. The Bertz CT molecular complexity index is 345. The fourth-order valence-electron chi connectivity index (χ4n) is 1.62. The first-order valence-corrected chi connectivity index (χ1v) is 6.39. The molecule has 0 heterocycles. The summed E-state index contributed by atoms with van der Waals surface area (Å²) >= 11 is 0. The Kier molecular flexibility index (Phi) is 7.37. The van der Waals surface area contributed by atoms with Gasteiger partial charge in [0.15, 0.2) is 11.6 Å². The van der Waals surface area contributed by atoms with E-state index in [1.165, 1.54) is 7.11 Å². The molecule has 0 aliphatic heterocycles. The van der Waals surface area contributed by atoms with E-state index in [4.69, 9.17) is 9.47 Å². The van der Waals surface area contributed by atoms with Crippen LogP contribution in [0.4, 0.5) is 4.39 Å². The highest BCUT2D eigenvalue weighted by Gasteiger charge is 2.07. The van der Waals surface area contributed by atoms with Gasteiger partial charge in [-0.15, -0.1) is 0 Å². The third kappa shape index (κ3) is 5.02. The molecule has 0 saturated carbocycles. The predicted molar refractivity (Wildman–Crippen MR) is 70.4 cm³/mol. The van der Waals surface area contributed by atoms with Crippen molar-refractivity contribution in [3.05, 3.63) is 29.6 Å². The molecule has 0 saturated heterocycles. The summed E-state index contributed by atoms with van der Waals surface area (Å²) in [5, 5.41) is 3.20. The molecule has 0 amide bonds. The summed E-state index contributed by atoms with van der Waals surface area (Å²) in [5.41, 5.74) is 0.629. The van der Waals surface area contributed by atoms with Crippen LogP contribution in [0.25, 0.3) is 0 Å². The number of methoxy groups -OCH3 is 1. The van der Waals surface area contributed by atoms with Crippen molar-refractivity contribution in [2.45, 2.75) is 26.3 Å². The number of halogens is 1. The van der Waals surface area contributed by atoms with E-state index in [-0.39, 0.29) is 5.82 Å². The predicted octanol–water partition coefficient (Wildman–Crippen LogP) is 2.74. The molecular weight excluding hydrogens is 233 g/mol. The second kappa shape index (κ2) is 8.89. The van der Waals surface area contributed by atoms with Gasteiger partial charge in [-0.2, -0.15) is 0 Å². The van der Waals surface area contributed by atoms with Gasteiger partial charge >= 0.3 is 0 Å². The van der Waals surface area contributed by atoms with Crippen LogP contribution in [0.3, 0.4) is 0 Å². The highest BCUT2D eigenvalue weighted by atomic mass is 19.1. The number of benzene rings is 1. The van der Waals surface area contributed by atoms with E-state index in [1.54, 1.807) is 18.2 Å². The average Bonchev–Trinajstić information content (AvgIpc) is 2.39. The summed E-state index contributed by atoms with van der Waals surface area (Å²) in [5.74, 6) is 0.00955. The molecule has 0 aromatic heterocycles. The van der Waals surface area contributed by atoms with Crippen LogP contribution in [0.2, 0.25) is 0 Å². The van der Waals surface area contributed by atoms with Gasteiger partial charge in [-0.05, 0) is 25.5 Å². The fraction of sp³-hybridized carbons (Fsp3) is 0.571. The third-order valence-corrected chi connectivity index (χ3v) is 2.57. The van der Waals surface area contributed by atoms with Crippen molar-refractivity contribution >= 4 is 0 Å². The minimum atomic E-state index is -0.283. The summed E-state index contributed by atoms with van der Waals surface area (Å²) in [7, 11) is 1.47. The summed E-state index contributed by atoms with van der Waals surface area (Å²) in [4.78, 5) is 0. The van der Waals surface area contributed by atoms with Crippen LogP contribution in [-0.2, 0) is 11.3 Å². The lowest BCUT2D eigenvalue weighted by Crippen LogP contribution is -2.17. The molecule has 0 spiro atoms. The molecule has 0 bridgehead atoms. The van der Waals surface area contributed by atoms with E-state index in [1.807, 2.05) is 0 Å². The zero-order chi connectivity index (χ0) is 13.2. The first-order chi connectivity index (χ1) is 8.79. The second-order valence-corrected chi connectivity index (χ2v) is 4.08. The maximum absolute atomic E-state index is 13.8. The molecule has 0 unspecified atom stereocenters. The van der Waals surface area contributed by atoms with Crippen molar-refractivity contribution < 1.29 is 13.9 Å². The van der Waals surface area contributed by atoms with E-state index in [2.05, 4.69) is 12.2 Å². The molecular formula is C14H22FNO2. The Morgan fingerprint density at radius 3 is 2.83 bits per heavy atom. The number of hydrogen-bond donors (Lipinski definition) is 1. The van der Waals surface area contributed by atoms with Crippen molar-refractivity contribution in [2.24, 2.45) is 0 Å². The first kappa shape index (κ1) is 14.9. The molecule has 0 aliphatic rings. The molecule has 18 heavy (non-hydrogen) atoms. The van der Waals surface area contributed by atoms with Gasteiger partial charge in [0.2, 0.25) is 0 Å². The third-order valence-electron chi connectivity index (χ3n) is 2.57. The summed E-state index contributed by atoms with van der Waals surface area (Å²) in [6.45, 7) is 4.98. The summed E-state index contributed by atoms with van der Waals surface area (Å²) in [6, 6.07) is 5.18. The van der Waals surface area contributed by atoms with Crippen molar-refractivity contribution in [2.75, 3.05) is 26.9 Å². The molecule has 1 rings (SSSR count). The normalized spacial score (nSPS) is 10.6. The van der Waals surface area contributed by atoms with Gasteiger partial charge in [0.1, 0.15) is 0 Å². The minimum absolute atomic E-state index is 0.283. The number of nitrogens with one attached hydrogen (secondary N) is 1. The van der Waals surface area contributed by atoms with Crippen LogP contribution in [-0.4, -0.2) is 26.9 Å². The Labute approximate surface area is 108 Å². The molecule has 0 atom stereocenters. The molecule has 1 aromatic carbocycles. The Hall–Kier alpha value is -1.13. The summed E-state index contributed by atoms with van der Waals surface area (Å²) < 4.78 is 24.1. The Balaban J connectivity index is 2.23. The van der Waals surface area contributed by atoms with E-state index >= 15 is 0 Å². The summed E-state index contributed by atoms with van der Waals surface area (Å²) in [6.07, 6.45) is 1.98. The van der Waals surface area contributed by atoms with E-state index in [0.29, 0.717) is 17.9 Å². The van der Waals surface area contributed by atoms with Gasteiger partial charge in [0.25, 0.3) is 0 Å². The van der Waals surface area contributed by atoms with Crippen LogP contribution >= 0.6 is 0 Å². The van der Waals surface area contributed by atoms with Crippen molar-refractivity contribution in [1.29, 1.82) is 0 Å². The smallest absolute Gasteiger partial charge is 0.169 e. The van der Waals surface area contributed by atoms with Crippen molar-refractivity contribution in [3.8, 4) is 5.75 Å². The Morgan fingerprint density at radius 1 is 1.28 bits per heavy atom. The maximum atomic E-state index is 13.8. The van der Waals surface area contributed by atoms with Gasteiger partial charge in [-0.25, -0.2) is 4.39 Å². The van der Waals surface area contributed by atoms with Gasteiger partial charge in [0.05, 0.1) is 7.11 Å². The molecule has 1 N–H and O–H groups in total. The SMILES string of the molecule is CCCOCCCNCc1cccc(OC)c1F. The zero-order valence-electron chi connectivity index (χ0n) is 11.2. The zero-order valence-corrected chi connectivity index (χ0v) is 11.2. The van der Waals surface area contributed by atoms with Crippen molar-refractivity contribution in [3.63, 3.8) is 0 Å². The fourth-order valence-corrected chi connectivity index (χ4v) is 1.62. The van der Waals surface area contributed by atoms with E-state index < -0.39 is 0 Å². The quantitative estimate of drug-likeness (QED) is 0.688. The topological polar surface area (TPSA) is 30.5 Å². The molecule has 0 aliphatic carbocycles. The standard InChI is InChI=1S/C14H22FNO2/c1-3-9-18-10-5-8-16-11-12-6-4-7-13(17-2)14(12)15/h4,6-7,16H,3,5,8-11H2,1-2H3. The van der Waals surface area contributed by atoms with Gasteiger partial charge in [0, 0.05) is 25.3 Å². The lowest BCUT2D eigenvalue weighted by Gasteiger charge is -2.08. The number of ether oxygens (including phenoxy) is 2. The minimum Gasteiger partial charge on any atom is -0.494 e. The molecule has 102 valence electrons. The first-order valence-electron chi connectivity index (χ1n) is 6.39. The van der Waals surface area contributed by atoms with Crippen LogP contribution in [0.5, 0.6) is 5.75 Å². The maximum Gasteiger partial charge on any atom is 0.169 e. The Morgan fingerprint density at radius 2 is 2.11 bits per heavy atom. The van der Waals surface area contributed by atoms with Gasteiger partial charge in [-0.3, -0.25) is 0 Å². The van der Waals surface area contributed by atoms with Crippen LogP contribution < -0.4 is 10.1 Å². The molecule has 3 nitrogen and oxygen atoms in total. The molecule has 0 radical (unpaired) electrons. The van der Waals surface area contributed by atoms with E-state index in [9.17, 15) is 4.39 Å². The monoisotopic (exact) mass is 255 g/mol. The average molecular weight is 255 g/mol. The highest BCUT2D eigenvalue weighted by Crippen LogP contribution is 2.19.